The Hall–Kier alpha value is -1.25. The largest absolute Gasteiger partial charge is 0.384 e. The summed E-state index contributed by atoms with van der Waals surface area (Å²) in [5.74, 6) is 1.44. The van der Waals surface area contributed by atoms with Crippen molar-refractivity contribution in [1.29, 1.82) is 0 Å². The van der Waals surface area contributed by atoms with E-state index in [0.29, 0.717) is 17.6 Å². The van der Waals surface area contributed by atoms with Crippen molar-refractivity contribution in [2.45, 2.75) is 19.8 Å². The number of hydrogen-bond donors (Lipinski definition) is 2. The molecule has 0 aliphatic heterocycles. The molecule has 0 fully saturated rings. The fourth-order valence-electron chi connectivity index (χ4n) is 0.930. The van der Waals surface area contributed by atoms with Gasteiger partial charge in [0.15, 0.2) is 0 Å². The molecule has 0 saturated heterocycles. The monoisotopic (exact) mass is 151 g/mol. The summed E-state index contributed by atoms with van der Waals surface area (Å²) < 4.78 is 0. The van der Waals surface area contributed by atoms with Crippen LogP contribution in [0.3, 0.4) is 0 Å². The van der Waals surface area contributed by atoms with Crippen LogP contribution >= 0.6 is 0 Å². The lowest BCUT2D eigenvalue weighted by Crippen LogP contribution is -1.99. The Bertz CT molecular complexity index is 235. The smallest absolute Gasteiger partial charge is 0.126 e. The highest BCUT2D eigenvalue weighted by molar-refractivity contribution is 5.44. The van der Waals surface area contributed by atoms with E-state index in [1.165, 1.54) is 0 Å². The number of rotatable bonds is 1. The summed E-state index contributed by atoms with van der Waals surface area (Å²) in [6, 6.07) is 3.70. The maximum Gasteiger partial charge on any atom is 0.126 e. The molecule has 1 aromatic heterocycles. The van der Waals surface area contributed by atoms with E-state index in [1.807, 2.05) is 12.1 Å². The molecule has 0 aliphatic carbocycles. The van der Waals surface area contributed by atoms with Crippen molar-refractivity contribution in [3.63, 3.8) is 0 Å². The van der Waals surface area contributed by atoms with Crippen LogP contribution in [0.2, 0.25) is 0 Å². The van der Waals surface area contributed by atoms with Crippen LogP contribution in [0.1, 0.15) is 25.3 Å². The van der Waals surface area contributed by atoms with E-state index in [-0.39, 0.29) is 0 Å². The molecule has 1 aromatic rings. The molecule has 0 bridgehead atoms. The zero-order valence-electron chi connectivity index (χ0n) is 6.83. The van der Waals surface area contributed by atoms with Crippen molar-refractivity contribution in [2.24, 2.45) is 0 Å². The molecule has 0 spiro atoms. The van der Waals surface area contributed by atoms with Crippen molar-refractivity contribution in [2.75, 3.05) is 11.5 Å². The highest BCUT2D eigenvalue weighted by atomic mass is 14.9. The Kier molecular flexibility index (Phi) is 1.98. The van der Waals surface area contributed by atoms with Gasteiger partial charge in [-0.15, -0.1) is 0 Å². The lowest BCUT2D eigenvalue weighted by Gasteiger charge is -2.06. The summed E-state index contributed by atoms with van der Waals surface area (Å²) in [4.78, 5) is 3.87. The molecular formula is C8H13N3. The normalized spacial score (nSPS) is 10.5. The van der Waals surface area contributed by atoms with Gasteiger partial charge >= 0.3 is 0 Å². The number of pyridine rings is 1. The van der Waals surface area contributed by atoms with E-state index in [2.05, 4.69) is 18.8 Å². The van der Waals surface area contributed by atoms with Gasteiger partial charge in [0, 0.05) is 0 Å². The van der Waals surface area contributed by atoms with Gasteiger partial charge in [-0.3, -0.25) is 0 Å². The lowest BCUT2D eigenvalue weighted by molar-refractivity contribution is 0.865. The van der Waals surface area contributed by atoms with Crippen molar-refractivity contribution in [3.05, 3.63) is 17.7 Å². The number of nitrogens with zero attached hydrogens (tertiary/aromatic N) is 1. The molecule has 1 rings (SSSR count). The summed E-state index contributed by atoms with van der Waals surface area (Å²) in [7, 11) is 0. The van der Waals surface area contributed by atoms with Crippen LogP contribution in [0, 0.1) is 0 Å². The Labute approximate surface area is 66.4 Å². The zero-order chi connectivity index (χ0) is 8.43. The minimum atomic E-state index is 0.447. The summed E-state index contributed by atoms with van der Waals surface area (Å²) >= 11 is 0. The minimum absolute atomic E-state index is 0.447. The number of aromatic nitrogens is 1. The van der Waals surface area contributed by atoms with Gasteiger partial charge in [-0.1, -0.05) is 13.8 Å². The highest BCUT2D eigenvalue weighted by Crippen LogP contribution is 2.17. The fourth-order valence-corrected chi connectivity index (χ4v) is 0.930. The SMILES string of the molecule is CC(C)c1cc(N)nc(N)c1. The molecule has 0 aliphatic rings. The van der Waals surface area contributed by atoms with Crippen molar-refractivity contribution < 1.29 is 0 Å². The third-order valence-electron chi connectivity index (χ3n) is 1.55. The van der Waals surface area contributed by atoms with Gasteiger partial charge in [0.25, 0.3) is 0 Å². The summed E-state index contributed by atoms with van der Waals surface area (Å²) in [6.45, 7) is 4.18. The number of anilines is 2. The van der Waals surface area contributed by atoms with E-state index in [9.17, 15) is 0 Å². The Morgan fingerprint density at radius 2 is 1.64 bits per heavy atom. The van der Waals surface area contributed by atoms with Gasteiger partial charge < -0.3 is 11.5 Å². The van der Waals surface area contributed by atoms with Gasteiger partial charge in [-0.05, 0) is 23.6 Å². The topological polar surface area (TPSA) is 64.9 Å². The molecule has 0 amide bonds. The second kappa shape index (κ2) is 2.78. The third kappa shape index (κ3) is 1.83. The maximum absolute atomic E-state index is 5.51. The Balaban J connectivity index is 3.08. The van der Waals surface area contributed by atoms with E-state index >= 15 is 0 Å². The van der Waals surface area contributed by atoms with Crippen LogP contribution < -0.4 is 11.5 Å². The van der Waals surface area contributed by atoms with Crippen molar-refractivity contribution in [1.82, 2.24) is 4.98 Å². The average molecular weight is 151 g/mol. The summed E-state index contributed by atoms with van der Waals surface area (Å²) in [5.41, 5.74) is 12.1. The number of hydrogen-bond acceptors (Lipinski definition) is 3. The number of nitrogen functional groups attached to an aromatic ring is 2. The van der Waals surface area contributed by atoms with Crippen LogP contribution in [-0.2, 0) is 0 Å². The van der Waals surface area contributed by atoms with E-state index in [1.54, 1.807) is 0 Å². The molecule has 0 saturated carbocycles. The van der Waals surface area contributed by atoms with E-state index in [0.717, 1.165) is 5.56 Å². The Morgan fingerprint density at radius 3 is 2.00 bits per heavy atom. The van der Waals surface area contributed by atoms with Gasteiger partial charge in [0.2, 0.25) is 0 Å². The van der Waals surface area contributed by atoms with Crippen LogP contribution in [0.15, 0.2) is 12.1 Å². The quantitative estimate of drug-likeness (QED) is 0.637. The summed E-state index contributed by atoms with van der Waals surface area (Å²) in [5, 5.41) is 0. The van der Waals surface area contributed by atoms with Gasteiger partial charge in [0.05, 0.1) is 0 Å². The van der Waals surface area contributed by atoms with Gasteiger partial charge in [-0.25, -0.2) is 4.98 Å². The molecule has 0 unspecified atom stereocenters. The van der Waals surface area contributed by atoms with Gasteiger partial charge in [0.1, 0.15) is 11.6 Å². The average Bonchev–Trinajstić information content (AvgIpc) is 1.85. The van der Waals surface area contributed by atoms with Crippen LogP contribution in [0.25, 0.3) is 0 Å². The first-order chi connectivity index (χ1) is 5.09. The maximum atomic E-state index is 5.51. The molecule has 0 aromatic carbocycles. The molecule has 4 N–H and O–H groups in total. The standard InChI is InChI=1S/C8H13N3/c1-5(2)6-3-7(9)11-8(10)4-6/h3-5H,1-2H3,(H4,9,10,11). The fraction of sp³-hybridized carbons (Fsp3) is 0.375. The highest BCUT2D eigenvalue weighted by Gasteiger charge is 2.00. The molecule has 0 radical (unpaired) electrons. The van der Waals surface area contributed by atoms with Crippen LogP contribution in [0.4, 0.5) is 11.6 Å². The predicted octanol–water partition coefficient (Wildman–Crippen LogP) is 1.37. The molecule has 3 heteroatoms. The second-order valence-corrected chi connectivity index (χ2v) is 2.90. The predicted molar refractivity (Wildman–Crippen MR) is 47.2 cm³/mol. The zero-order valence-corrected chi connectivity index (χ0v) is 6.83. The van der Waals surface area contributed by atoms with Crippen LogP contribution in [-0.4, -0.2) is 4.98 Å². The van der Waals surface area contributed by atoms with Gasteiger partial charge in [-0.2, -0.15) is 0 Å². The molecule has 11 heavy (non-hydrogen) atoms. The molecule has 60 valence electrons. The minimum Gasteiger partial charge on any atom is -0.384 e. The first-order valence-corrected chi connectivity index (χ1v) is 3.62. The van der Waals surface area contributed by atoms with Crippen molar-refractivity contribution >= 4 is 11.6 Å². The molecule has 1 heterocycles. The van der Waals surface area contributed by atoms with E-state index in [4.69, 9.17) is 11.5 Å². The molecular weight excluding hydrogens is 138 g/mol. The number of nitrogens with two attached hydrogens (primary N) is 2. The lowest BCUT2D eigenvalue weighted by atomic mass is 10.0. The second-order valence-electron chi connectivity index (χ2n) is 2.90. The molecule has 3 nitrogen and oxygen atoms in total. The molecule has 0 atom stereocenters. The Morgan fingerprint density at radius 1 is 1.18 bits per heavy atom. The van der Waals surface area contributed by atoms with Crippen molar-refractivity contribution in [3.8, 4) is 0 Å². The third-order valence-corrected chi connectivity index (χ3v) is 1.55. The van der Waals surface area contributed by atoms with Crippen LogP contribution in [0.5, 0.6) is 0 Å². The first-order valence-electron chi connectivity index (χ1n) is 3.62. The van der Waals surface area contributed by atoms with E-state index < -0.39 is 0 Å². The first kappa shape index (κ1) is 7.85. The summed E-state index contributed by atoms with van der Waals surface area (Å²) in [6.07, 6.45) is 0.